The number of anilines is 1. The van der Waals surface area contributed by atoms with Gasteiger partial charge in [-0.1, -0.05) is 11.3 Å². The Bertz CT molecular complexity index is 900. The summed E-state index contributed by atoms with van der Waals surface area (Å²) in [4.78, 5) is 29.3. The van der Waals surface area contributed by atoms with Crippen LogP contribution >= 0.6 is 11.3 Å². The van der Waals surface area contributed by atoms with Gasteiger partial charge < -0.3 is 10.1 Å². The molecule has 0 spiro atoms. The molecule has 2 aromatic rings. The van der Waals surface area contributed by atoms with E-state index < -0.39 is 0 Å². The summed E-state index contributed by atoms with van der Waals surface area (Å²) in [5.74, 6) is 2.31. The lowest BCUT2D eigenvalue weighted by molar-refractivity contribution is -0.124. The monoisotopic (exact) mass is 398 g/mol. The van der Waals surface area contributed by atoms with Gasteiger partial charge in [0.1, 0.15) is 0 Å². The van der Waals surface area contributed by atoms with Crippen molar-refractivity contribution in [3.63, 3.8) is 0 Å². The zero-order chi connectivity index (χ0) is 19.3. The van der Waals surface area contributed by atoms with E-state index in [1.165, 1.54) is 49.9 Å². The molecule has 0 aliphatic heterocycles. The van der Waals surface area contributed by atoms with E-state index in [2.05, 4.69) is 10.3 Å². The van der Waals surface area contributed by atoms with Gasteiger partial charge in [0, 0.05) is 6.42 Å². The number of benzene rings is 1. The number of amides is 1. The number of rotatable bonds is 5. The second kappa shape index (κ2) is 6.83. The quantitative estimate of drug-likeness (QED) is 0.718. The second-order valence-corrected chi connectivity index (χ2v) is 10.1. The van der Waals surface area contributed by atoms with Crippen molar-refractivity contribution >= 4 is 38.6 Å². The molecule has 148 valence electrons. The van der Waals surface area contributed by atoms with Crippen LogP contribution < -0.4 is 5.32 Å². The normalized spacial score (nSPS) is 30.5. The van der Waals surface area contributed by atoms with Gasteiger partial charge in [0.25, 0.3) is 0 Å². The van der Waals surface area contributed by atoms with Crippen molar-refractivity contribution in [2.75, 3.05) is 11.9 Å². The van der Waals surface area contributed by atoms with Gasteiger partial charge in [-0.25, -0.2) is 9.78 Å². The molecule has 6 rings (SSSR count). The largest absolute Gasteiger partial charge is 0.462 e. The minimum atomic E-state index is -0.329. The number of carbonyl (C=O) groups excluding carboxylic acids is 2. The van der Waals surface area contributed by atoms with Crippen LogP contribution in [0, 0.1) is 23.2 Å². The van der Waals surface area contributed by atoms with Gasteiger partial charge in [0.15, 0.2) is 5.13 Å². The molecule has 0 unspecified atom stereocenters. The van der Waals surface area contributed by atoms with E-state index in [-0.39, 0.29) is 17.3 Å². The van der Waals surface area contributed by atoms with Gasteiger partial charge in [-0.15, -0.1) is 0 Å². The maximum absolute atomic E-state index is 12.8. The summed E-state index contributed by atoms with van der Waals surface area (Å²) < 4.78 is 5.94. The highest BCUT2D eigenvalue weighted by Crippen LogP contribution is 2.61. The number of hydrogen-bond donors (Lipinski definition) is 1. The van der Waals surface area contributed by atoms with Crippen LogP contribution in [0.4, 0.5) is 5.13 Å². The van der Waals surface area contributed by atoms with E-state index in [9.17, 15) is 9.59 Å². The second-order valence-electron chi connectivity index (χ2n) is 9.06. The summed E-state index contributed by atoms with van der Waals surface area (Å²) in [5.41, 5.74) is 1.54. The number of nitrogens with zero attached hydrogens (tertiary/aromatic N) is 1. The van der Waals surface area contributed by atoms with Crippen LogP contribution in [0.25, 0.3) is 10.2 Å². The van der Waals surface area contributed by atoms with E-state index in [1.807, 2.05) is 6.07 Å². The lowest BCUT2D eigenvalue weighted by Crippen LogP contribution is -2.47. The molecule has 0 atom stereocenters. The average Bonchev–Trinajstić information content (AvgIpc) is 3.01. The molecular formula is C22H26N2O3S. The fourth-order valence-electron chi connectivity index (χ4n) is 6.33. The van der Waals surface area contributed by atoms with Gasteiger partial charge in [-0.05, 0) is 86.8 Å². The van der Waals surface area contributed by atoms with Crippen LogP contribution in [0.1, 0.15) is 62.2 Å². The van der Waals surface area contributed by atoms with E-state index in [0.29, 0.717) is 23.7 Å². The molecule has 1 heterocycles. The first kappa shape index (κ1) is 18.1. The standard InChI is InChI=1S/C22H26N2O3S/c1-2-27-20(26)16-3-4-17-18(8-16)28-21(23-17)24-19(25)12-22-9-13-5-14(10-22)7-15(6-13)11-22/h3-4,8,13-15H,2,5-7,9-12H2,1H3,(H,23,24,25). The van der Waals surface area contributed by atoms with Crippen molar-refractivity contribution in [3.8, 4) is 0 Å². The predicted molar refractivity (Wildman–Crippen MR) is 109 cm³/mol. The molecule has 1 aromatic heterocycles. The Morgan fingerprint density at radius 3 is 2.50 bits per heavy atom. The van der Waals surface area contributed by atoms with Crippen LogP contribution in [0.5, 0.6) is 0 Å². The molecule has 1 N–H and O–H groups in total. The van der Waals surface area contributed by atoms with Gasteiger partial charge in [0.05, 0.1) is 22.4 Å². The lowest BCUT2D eigenvalue weighted by Gasteiger charge is -2.56. The molecule has 0 saturated heterocycles. The third-order valence-electron chi connectivity index (χ3n) is 6.85. The minimum Gasteiger partial charge on any atom is -0.462 e. The van der Waals surface area contributed by atoms with Crippen LogP contribution in [-0.4, -0.2) is 23.5 Å². The molecule has 5 nitrogen and oxygen atoms in total. The number of esters is 1. The molecule has 4 aliphatic rings. The highest BCUT2D eigenvalue weighted by atomic mass is 32.1. The topological polar surface area (TPSA) is 68.3 Å². The number of hydrogen-bond acceptors (Lipinski definition) is 5. The molecule has 4 fully saturated rings. The Kier molecular flexibility index (Phi) is 4.42. The number of aromatic nitrogens is 1. The summed E-state index contributed by atoms with van der Waals surface area (Å²) in [5, 5.41) is 3.65. The third-order valence-corrected chi connectivity index (χ3v) is 7.78. The highest BCUT2D eigenvalue weighted by molar-refractivity contribution is 7.22. The summed E-state index contributed by atoms with van der Waals surface area (Å²) in [6, 6.07) is 5.33. The fraction of sp³-hybridized carbons (Fsp3) is 0.591. The summed E-state index contributed by atoms with van der Waals surface area (Å²) in [7, 11) is 0. The van der Waals surface area contributed by atoms with Gasteiger partial charge in [-0.3, -0.25) is 4.79 Å². The van der Waals surface area contributed by atoms with Crippen molar-refractivity contribution in [3.05, 3.63) is 23.8 Å². The predicted octanol–water partition coefficient (Wildman–Crippen LogP) is 5.02. The molecule has 1 aromatic carbocycles. The van der Waals surface area contributed by atoms with E-state index in [1.54, 1.807) is 19.1 Å². The van der Waals surface area contributed by atoms with Crippen molar-refractivity contribution in [2.45, 2.75) is 51.9 Å². The third kappa shape index (κ3) is 3.32. The molecule has 6 heteroatoms. The average molecular weight is 399 g/mol. The van der Waals surface area contributed by atoms with Crippen LogP contribution in [0.15, 0.2) is 18.2 Å². The number of ether oxygens (including phenoxy) is 1. The van der Waals surface area contributed by atoms with E-state index in [4.69, 9.17) is 4.74 Å². The summed E-state index contributed by atoms with van der Waals surface area (Å²) in [6.45, 7) is 2.14. The first-order chi connectivity index (χ1) is 13.5. The highest BCUT2D eigenvalue weighted by Gasteiger charge is 2.51. The Balaban J connectivity index is 1.29. The van der Waals surface area contributed by atoms with Crippen LogP contribution in [-0.2, 0) is 9.53 Å². The number of fused-ring (bicyclic) bond motifs is 1. The van der Waals surface area contributed by atoms with Crippen molar-refractivity contribution in [1.29, 1.82) is 0 Å². The smallest absolute Gasteiger partial charge is 0.338 e. The molecule has 28 heavy (non-hydrogen) atoms. The van der Waals surface area contributed by atoms with Crippen molar-refractivity contribution in [2.24, 2.45) is 23.2 Å². The Labute approximate surface area is 168 Å². The van der Waals surface area contributed by atoms with E-state index in [0.717, 1.165) is 28.0 Å². The first-order valence-corrected chi connectivity index (χ1v) is 11.2. The maximum atomic E-state index is 12.8. The van der Waals surface area contributed by atoms with E-state index >= 15 is 0 Å². The summed E-state index contributed by atoms with van der Waals surface area (Å²) in [6.07, 6.45) is 8.49. The van der Waals surface area contributed by atoms with Crippen molar-refractivity contribution < 1.29 is 14.3 Å². The first-order valence-electron chi connectivity index (χ1n) is 10.4. The Morgan fingerprint density at radius 1 is 1.18 bits per heavy atom. The summed E-state index contributed by atoms with van der Waals surface area (Å²) >= 11 is 1.42. The SMILES string of the molecule is CCOC(=O)c1ccc2nc(NC(=O)CC34CC5CC(CC(C5)C3)C4)sc2c1. The molecule has 4 bridgehead atoms. The Morgan fingerprint density at radius 2 is 1.86 bits per heavy atom. The van der Waals surface area contributed by atoms with Crippen LogP contribution in [0.3, 0.4) is 0 Å². The molecule has 4 saturated carbocycles. The fourth-order valence-corrected chi connectivity index (χ4v) is 7.25. The molecule has 0 radical (unpaired) electrons. The molecule has 1 amide bonds. The number of nitrogens with one attached hydrogen (secondary N) is 1. The Hall–Kier alpha value is -1.95. The number of carbonyl (C=O) groups is 2. The van der Waals surface area contributed by atoms with Crippen molar-refractivity contribution in [1.82, 2.24) is 4.98 Å². The van der Waals surface area contributed by atoms with Gasteiger partial charge in [-0.2, -0.15) is 0 Å². The van der Waals surface area contributed by atoms with Gasteiger partial charge >= 0.3 is 5.97 Å². The van der Waals surface area contributed by atoms with Crippen LogP contribution in [0.2, 0.25) is 0 Å². The zero-order valence-electron chi connectivity index (χ0n) is 16.2. The van der Waals surface area contributed by atoms with Gasteiger partial charge in [0.2, 0.25) is 5.91 Å². The maximum Gasteiger partial charge on any atom is 0.338 e. The lowest BCUT2D eigenvalue weighted by atomic mass is 9.49. The minimum absolute atomic E-state index is 0.0895. The molecular weight excluding hydrogens is 372 g/mol. The number of thiazole rings is 1. The zero-order valence-corrected chi connectivity index (χ0v) is 17.0. The molecule has 4 aliphatic carbocycles.